The topological polar surface area (TPSA) is 86.8 Å². The highest BCUT2D eigenvalue weighted by molar-refractivity contribution is 7.92. The Labute approximate surface area is 247 Å². The molecule has 0 spiro atoms. The third-order valence-electron chi connectivity index (χ3n) is 6.76. The first-order chi connectivity index (χ1) is 18.9. The summed E-state index contributed by atoms with van der Waals surface area (Å²) < 4.78 is 26.9. The van der Waals surface area contributed by atoms with Crippen LogP contribution in [0.1, 0.15) is 37.0 Å². The monoisotopic (exact) mass is 603 g/mol. The van der Waals surface area contributed by atoms with Gasteiger partial charge in [0.15, 0.2) is 0 Å². The van der Waals surface area contributed by atoms with E-state index < -0.39 is 28.5 Å². The van der Waals surface area contributed by atoms with Crippen molar-refractivity contribution in [1.29, 1.82) is 0 Å². The lowest BCUT2D eigenvalue weighted by molar-refractivity contribution is -0.140. The molecule has 0 aromatic heterocycles. The van der Waals surface area contributed by atoms with Gasteiger partial charge in [-0.05, 0) is 55.2 Å². The summed E-state index contributed by atoms with van der Waals surface area (Å²) in [4.78, 5) is 29.3. The van der Waals surface area contributed by atoms with Crippen molar-refractivity contribution in [3.63, 3.8) is 0 Å². The molecule has 2 amide bonds. The first kappa shape index (κ1) is 31.5. The molecule has 3 aromatic rings. The maximum absolute atomic E-state index is 14.1. The molecule has 0 radical (unpaired) electrons. The molecule has 10 heteroatoms. The van der Waals surface area contributed by atoms with E-state index in [1.807, 2.05) is 44.2 Å². The lowest BCUT2D eigenvalue weighted by atomic mass is 10.0. The number of nitrogens with zero attached hydrogens (tertiary/aromatic N) is 2. The molecule has 214 valence electrons. The number of carbonyl (C=O) groups excluding carboxylic acids is 2. The van der Waals surface area contributed by atoms with Crippen molar-refractivity contribution < 1.29 is 18.0 Å². The number of benzene rings is 3. The van der Waals surface area contributed by atoms with Gasteiger partial charge >= 0.3 is 0 Å². The molecule has 0 aliphatic heterocycles. The normalized spacial score (nSPS) is 12.8. The summed E-state index contributed by atoms with van der Waals surface area (Å²) in [5.41, 5.74) is 2.31. The van der Waals surface area contributed by atoms with Crippen LogP contribution in [-0.4, -0.2) is 50.0 Å². The van der Waals surface area contributed by atoms with Gasteiger partial charge in [-0.25, -0.2) is 8.42 Å². The molecule has 1 N–H and O–H groups in total. The van der Waals surface area contributed by atoms with Gasteiger partial charge in [-0.2, -0.15) is 0 Å². The maximum Gasteiger partial charge on any atom is 0.244 e. The molecule has 0 bridgehead atoms. The molecule has 0 saturated heterocycles. The van der Waals surface area contributed by atoms with Gasteiger partial charge in [0.2, 0.25) is 21.8 Å². The van der Waals surface area contributed by atoms with Crippen LogP contribution in [0.2, 0.25) is 10.0 Å². The lowest BCUT2D eigenvalue weighted by Gasteiger charge is -2.34. The van der Waals surface area contributed by atoms with Gasteiger partial charge in [0.25, 0.3) is 0 Å². The van der Waals surface area contributed by atoms with Crippen molar-refractivity contribution in [3.05, 3.63) is 99.5 Å². The summed E-state index contributed by atoms with van der Waals surface area (Å²) in [6.07, 6.45) is 1.97. The van der Waals surface area contributed by atoms with E-state index in [1.54, 1.807) is 49.4 Å². The third-order valence-corrected chi connectivity index (χ3v) is 8.66. The summed E-state index contributed by atoms with van der Waals surface area (Å²) in [5.74, 6) is -0.881. The highest BCUT2D eigenvalue weighted by Gasteiger charge is 2.34. The molecule has 0 aliphatic rings. The van der Waals surface area contributed by atoms with Crippen LogP contribution in [0, 0.1) is 6.92 Å². The van der Waals surface area contributed by atoms with Crippen LogP contribution in [0.3, 0.4) is 0 Å². The van der Waals surface area contributed by atoms with E-state index >= 15 is 0 Å². The molecule has 7 nitrogen and oxygen atoms in total. The highest BCUT2D eigenvalue weighted by Crippen LogP contribution is 2.29. The predicted molar refractivity (Wildman–Crippen MR) is 162 cm³/mol. The van der Waals surface area contributed by atoms with E-state index in [9.17, 15) is 18.0 Å². The van der Waals surface area contributed by atoms with Gasteiger partial charge in [-0.3, -0.25) is 13.9 Å². The average Bonchev–Trinajstić information content (AvgIpc) is 2.91. The van der Waals surface area contributed by atoms with Gasteiger partial charge in [0.05, 0.1) is 11.9 Å². The second kappa shape index (κ2) is 14.0. The molecule has 0 saturated carbocycles. The molecule has 0 aliphatic carbocycles. The van der Waals surface area contributed by atoms with E-state index in [-0.39, 0.29) is 24.9 Å². The fourth-order valence-corrected chi connectivity index (χ4v) is 5.53. The number of hydrogen-bond donors (Lipinski definition) is 1. The molecule has 40 heavy (non-hydrogen) atoms. The van der Waals surface area contributed by atoms with E-state index in [4.69, 9.17) is 23.2 Å². The van der Waals surface area contributed by atoms with Crippen LogP contribution < -0.4 is 9.62 Å². The molecule has 0 fully saturated rings. The smallest absolute Gasteiger partial charge is 0.244 e. The summed E-state index contributed by atoms with van der Waals surface area (Å²) in [6.45, 7) is 5.04. The second-order valence-corrected chi connectivity index (χ2v) is 12.5. The Balaban J connectivity index is 2.10. The van der Waals surface area contributed by atoms with Gasteiger partial charge < -0.3 is 10.2 Å². The Morgan fingerprint density at radius 2 is 1.55 bits per heavy atom. The molecule has 0 unspecified atom stereocenters. The number of anilines is 1. The van der Waals surface area contributed by atoms with Crippen molar-refractivity contribution in [2.75, 3.05) is 17.1 Å². The highest BCUT2D eigenvalue weighted by atomic mass is 35.5. The molecule has 0 heterocycles. The van der Waals surface area contributed by atoms with E-state index in [0.717, 1.165) is 16.1 Å². The second-order valence-electron chi connectivity index (χ2n) is 9.79. The molecular weight excluding hydrogens is 569 g/mol. The number of hydrogen-bond acceptors (Lipinski definition) is 4. The number of halogens is 2. The zero-order chi connectivity index (χ0) is 29.4. The Morgan fingerprint density at radius 3 is 2.17 bits per heavy atom. The Bertz CT molecular complexity index is 1430. The van der Waals surface area contributed by atoms with E-state index in [2.05, 4.69) is 5.32 Å². The number of rotatable bonds is 12. The predicted octanol–water partition coefficient (Wildman–Crippen LogP) is 5.62. The van der Waals surface area contributed by atoms with Gasteiger partial charge in [-0.1, -0.05) is 84.7 Å². The van der Waals surface area contributed by atoms with Crippen LogP contribution in [0.4, 0.5) is 5.69 Å². The fourth-order valence-electron chi connectivity index (χ4n) is 4.27. The Hall–Kier alpha value is -3.07. The first-order valence-electron chi connectivity index (χ1n) is 13.0. The van der Waals surface area contributed by atoms with Crippen LogP contribution in [0.15, 0.2) is 72.8 Å². The van der Waals surface area contributed by atoms with E-state index in [1.165, 1.54) is 4.90 Å². The van der Waals surface area contributed by atoms with Gasteiger partial charge in [-0.15, -0.1) is 0 Å². The fraction of sp³-hybridized carbons (Fsp3) is 0.333. The maximum atomic E-state index is 14.1. The number of nitrogens with one attached hydrogen (secondary N) is 1. The molecule has 2 atom stereocenters. The SMILES string of the molecule is CC[C@H](C)NC(=O)[C@H](Cc1ccccc1)N(Cc1ccccc1Cl)C(=O)CN(c1cccc(Cl)c1C)S(C)(=O)=O. The van der Waals surface area contributed by atoms with Crippen molar-refractivity contribution in [1.82, 2.24) is 10.2 Å². The summed E-state index contributed by atoms with van der Waals surface area (Å²) >= 11 is 12.8. The van der Waals surface area contributed by atoms with Crippen molar-refractivity contribution >= 4 is 50.7 Å². The van der Waals surface area contributed by atoms with Gasteiger partial charge in [0.1, 0.15) is 12.6 Å². The van der Waals surface area contributed by atoms with Crippen LogP contribution >= 0.6 is 23.2 Å². The van der Waals surface area contributed by atoms with Crippen molar-refractivity contribution in [3.8, 4) is 0 Å². The zero-order valence-electron chi connectivity index (χ0n) is 23.1. The minimum Gasteiger partial charge on any atom is -0.352 e. The van der Waals surface area contributed by atoms with Crippen molar-refractivity contribution in [2.45, 2.75) is 52.2 Å². The van der Waals surface area contributed by atoms with Crippen LogP contribution in [0.5, 0.6) is 0 Å². The van der Waals surface area contributed by atoms with Gasteiger partial charge in [0, 0.05) is 29.1 Å². The van der Waals surface area contributed by atoms with Crippen LogP contribution in [0.25, 0.3) is 0 Å². The standard InChI is InChI=1S/C30H35Cl2N3O4S/c1-5-21(2)33-30(37)28(18-23-12-7-6-8-13-23)34(19-24-14-9-10-15-26(24)32)29(36)20-35(40(4,38)39)27-17-11-16-25(31)22(27)3/h6-17,21,28H,5,18-20H2,1-4H3,(H,33,37)/t21-,28-/m0/s1. The third kappa shape index (κ3) is 8.22. The molecule has 3 aromatic carbocycles. The number of sulfonamides is 1. The lowest BCUT2D eigenvalue weighted by Crippen LogP contribution is -2.54. The Morgan fingerprint density at radius 1 is 0.925 bits per heavy atom. The quantitative estimate of drug-likeness (QED) is 0.291. The van der Waals surface area contributed by atoms with E-state index in [0.29, 0.717) is 33.3 Å². The minimum atomic E-state index is -3.89. The summed E-state index contributed by atoms with van der Waals surface area (Å²) in [7, 11) is -3.89. The number of amides is 2. The molecule has 3 rings (SSSR count). The number of carbonyl (C=O) groups is 2. The minimum absolute atomic E-state index is 0.00998. The molecular formula is C30H35Cl2N3O4S. The average molecular weight is 605 g/mol. The van der Waals surface area contributed by atoms with Crippen molar-refractivity contribution in [2.24, 2.45) is 0 Å². The van der Waals surface area contributed by atoms with Crippen LogP contribution in [-0.2, 0) is 32.6 Å². The first-order valence-corrected chi connectivity index (χ1v) is 15.6. The Kier molecular flexibility index (Phi) is 11.0. The largest absolute Gasteiger partial charge is 0.352 e. The zero-order valence-corrected chi connectivity index (χ0v) is 25.4. The summed E-state index contributed by atoms with van der Waals surface area (Å²) in [6, 6.07) is 20.3. The summed E-state index contributed by atoms with van der Waals surface area (Å²) in [5, 5.41) is 3.82.